The van der Waals surface area contributed by atoms with Crippen molar-refractivity contribution >= 4 is 12.4 Å². The van der Waals surface area contributed by atoms with E-state index in [0.717, 1.165) is 17.7 Å². The first-order valence-corrected chi connectivity index (χ1v) is 5.68. The molecule has 16 heavy (non-hydrogen) atoms. The normalized spacial score (nSPS) is 13.8. The van der Waals surface area contributed by atoms with Crippen molar-refractivity contribution in [1.82, 2.24) is 0 Å². The van der Waals surface area contributed by atoms with Crippen LogP contribution in [0.1, 0.15) is 38.8 Å². The van der Waals surface area contributed by atoms with E-state index in [-0.39, 0.29) is 18.4 Å². The van der Waals surface area contributed by atoms with E-state index in [1.807, 2.05) is 25.1 Å². The molecule has 0 aromatic heterocycles. The Balaban J connectivity index is 0.00000225. The smallest absolute Gasteiger partial charge is 0.124 e. The van der Waals surface area contributed by atoms with Crippen molar-refractivity contribution in [1.29, 1.82) is 0 Å². The Bertz CT molecular complexity index is 304. The molecule has 0 amide bonds. The second-order valence-electron chi connectivity index (χ2n) is 3.88. The maximum atomic E-state index is 6.20. The van der Waals surface area contributed by atoms with Crippen molar-refractivity contribution in [2.75, 3.05) is 6.61 Å². The number of hydrogen-bond acceptors (Lipinski definition) is 2. The highest BCUT2D eigenvalue weighted by Crippen LogP contribution is 2.29. The molecule has 0 saturated carbocycles. The molecular formula is C13H22ClNO. The minimum atomic E-state index is 0. The van der Waals surface area contributed by atoms with Gasteiger partial charge < -0.3 is 10.5 Å². The number of benzene rings is 1. The molecule has 0 fully saturated rings. The highest BCUT2D eigenvalue weighted by atomic mass is 35.5. The zero-order chi connectivity index (χ0) is 11.3. The summed E-state index contributed by atoms with van der Waals surface area (Å²) in [4.78, 5) is 0. The van der Waals surface area contributed by atoms with Crippen molar-refractivity contribution in [3.8, 4) is 5.75 Å². The Morgan fingerprint density at radius 1 is 1.25 bits per heavy atom. The van der Waals surface area contributed by atoms with Crippen LogP contribution >= 0.6 is 12.4 Å². The summed E-state index contributed by atoms with van der Waals surface area (Å²) in [7, 11) is 0. The molecule has 0 aliphatic rings. The molecule has 0 saturated heterocycles. The second-order valence-corrected chi connectivity index (χ2v) is 3.88. The van der Waals surface area contributed by atoms with Gasteiger partial charge in [-0.15, -0.1) is 12.4 Å². The van der Waals surface area contributed by atoms with Crippen molar-refractivity contribution in [2.45, 2.75) is 33.2 Å². The number of hydrogen-bond donors (Lipinski definition) is 1. The first kappa shape index (κ1) is 15.3. The fourth-order valence-corrected chi connectivity index (χ4v) is 1.60. The first-order chi connectivity index (χ1) is 7.20. The van der Waals surface area contributed by atoms with Gasteiger partial charge in [0.05, 0.1) is 6.61 Å². The van der Waals surface area contributed by atoms with Gasteiger partial charge >= 0.3 is 0 Å². The summed E-state index contributed by atoms with van der Waals surface area (Å²) in [6, 6.07) is 8.11. The molecule has 0 spiro atoms. The summed E-state index contributed by atoms with van der Waals surface area (Å²) >= 11 is 0. The van der Waals surface area contributed by atoms with Gasteiger partial charge in [-0.1, -0.05) is 38.5 Å². The number of ether oxygens (including phenoxy) is 1. The van der Waals surface area contributed by atoms with E-state index in [9.17, 15) is 0 Å². The van der Waals surface area contributed by atoms with Gasteiger partial charge in [0.15, 0.2) is 0 Å². The number of para-hydroxylation sites is 1. The van der Waals surface area contributed by atoms with E-state index in [1.165, 1.54) is 0 Å². The molecule has 92 valence electrons. The third kappa shape index (κ3) is 3.69. The fourth-order valence-electron chi connectivity index (χ4n) is 1.60. The first-order valence-electron chi connectivity index (χ1n) is 5.68. The lowest BCUT2D eigenvalue weighted by atomic mass is 9.93. The largest absolute Gasteiger partial charge is 0.494 e. The predicted molar refractivity (Wildman–Crippen MR) is 71.2 cm³/mol. The van der Waals surface area contributed by atoms with E-state index in [2.05, 4.69) is 19.9 Å². The molecule has 3 heteroatoms. The van der Waals surface area contributed by atoms with Crippen LogP contribution in [0.3, 0.4) is 0 Å². The highest BCUT2D eigenvalue weighted by molar-refractivity contribution is 5.85. The van der Waals surface area contributed by atoms with Crippen molar-refractivity contribution in [2.24, 2.45) is 11.7 Å². The molecule has 2 atom stereocenters. The van der Waals surface area contributed by atoms with Crippen LogP contribution in [0, 0.1) is 5.92 Å². The molecule has 2 nitrogen and oxygen atoms in total. The summed E-state index contributed by atoms with van der Waals surface area (Å²) in [6.45, 7) is 7.01. The van der Waals surface area contributed by atoms with Gasteiger partial charge in [-0.25, -0.2) is 0 Å². The highest BCUT2D eigenvalue weighted by Gasteiger charge is 2.16. The van der Waals surface area contributed by atoms with Crippen LogP contribution in [-0.4, -0.2) is 6.61 Å². The van der Waals surface area contributed by atoms with Crippen molar-refractivity contribution in [3.05, 3.63) is 29.8 Å². The molecule has 0 aliphatic heterocycles. The quantitative estimate of drug-likeness (QED) is 0.859. The maximum absolute atomic E-state index is 6.20. The predicted octanol–water partition coefficient (Wildman–Crippen LogP) is 3.55. The van der Waals surface area contributed by atoms with Crippen LogP contribution < -0.4 is 10.5 Å². The Kier molecular flexibility index (Phi) is 7.18. The van der Waals surface area contributed by atoms with Gasteiger partial charge in [-0.3, -0.25) is 0 Å². The molecule has 1 rings (SSSR count). The van der Waals surface area contributed by atoms with Crippen LogP contribution in [0.25, 0.3) is 0 Å². The Morgan fingerprint density at radius 2 is 1.88 bits per heavy atom. The SMILES string of the molecule is CCOc1ccccc1[C@@H](N)C(C)CC.Cl. The molecule has 1 aromatic carbocycles. The topological polar surface area (TPSA) is 35.2 Å². The van der Waals surface area contributed by atoms with Crippen molar-refractivity contribution < 1.29 is 4.74 Å². The lowest BCUT2D eigenvalue weighted by molar-refractivity contribution is 0.328. The maximum Gasteiger partial charge on any atom is 0.124 e. The van der Waals surface area contributed by atoms with E-state index in [1.54, 1.807) is 0 Å². The van der Waals surface area contributed by atoms with E-state index in [4.69, 9.17) is 10.5 Å². The Hall–Kier alpha value is -0.730. The minimum Gasteiger partial charge on any atom is -0.494 e. The van der Waals surface area contributed by atoms with Gasteiger partial charge in [0.1, 0.15) is 5.75 Å². The standard InChI is InChI=1S/C13H21NO.ClH/c1-4-10(3)13(14)11-8-6-7-9-12(11)15-5-2;/h6-10,13H,4-5,14H2,1-3H3;1H/t10?,13-;/m0./s1. The third-order valence-electron chi connectivity index (χ3n) is 2.83. The molecule has 1 aromatic rings. The lowest BCUT2D eigenvalue weighted by Crippen LogP contribution is -2.19. The number of nitrogens with two attached hydrogens (primary N) is 1. The molecule has 0 bridgehead atoms. The van der Waals surface area contributed by atoms with Crippen LogP contribution in [0.4, 0.5) is 0 Å². The van der Waals surface area contributed by atoms with Gasteiger partial charge in [0.25, 0.3) is 0 Å². The Morgan fingerprint density at radius 3 is 2.44 bits per heavy atom. The van der Waals surface area contributed by atoms with Gasteiger partial charge in [0, 0.05) is 11.6 Å². The van der Waals surface area contributed by atoms with Crippen LogP contribution in [0.15, 0.2) is 24.3 Å². The average Bonchev–Trinajstić information content (AvgIpc) is 2.28. The molecule has 1 unspecified atom stereocenters. The fraction of sp³-hybridized carbons (Fsp3) is 0.538. The molecule has 0 aliphatic carbocycles. The summed E-state index contributed by atoms with van der Waals surface area (Å²) in [5.41, 5.74) is 7.32. The summed E-state index contributed by atoms with van der Waals surface area (Å²) in [5, 5.41) is 0. The zero-order valence-corrected chi connectivity index (χ0v) is 11.1. The van der Waals surface area contributed by atoms with E-state index < -0.39 is 0 Å². The van der Waals surface area contributed by atoms with Gasteiger partial charge in [0.2, 0.25) is 0 Å². The van der Waals surface area contributed by atoms with Crippen LogP contribution in [0.2, 0.25) is 0 Å². The van der Waals surface area contributed by atoms with E-state index in [0.29, 0.717) is 12.5 Å². The second kappa shape index (κ2) is 7.53. The summed E-state index contributed by atoms with van der Waals surface area (Å²) in [5.74, 6) is 1.40. The minimum absolute atomic E-state index is 0. The lowest BCUT2D eigenvalue weighted by Gasteiger charge is -2.21. The van der Waals surface area contributed by atoms with Crippen LogP contribution in [0.5, 0.6) is 5.75 Å². The molecule has 0 heterocycles. The van der Waals surface area contributed by atoms with Gasteiger partial charge in [-0.2, -0.15) is 0 Å². The summed E-state index contributed by atoms with van der Waals surface area (Å²) < 4.78 is 5.57. The Labute approximate surface area is 105 Å². The number of rotatable bonds is 5. The average molecular weight is 244 g/mol. The number of halogens is 1. The molecular weight excluding hydrogens is 222 g/mol. The summed E-state index contributed by atoms with van der Waals surface area (Å²) in [6.07, 6.45) is 1.08. The molecule has 0 radical (unpaired) electrons. The monoisotopic (exact) mass is 243 g/mol. The molecule has 2 N–H and O–H groups in total. The zero-order valence-electron chi connectivity index (χ0n) is 10.3. The van der Waals surface area contributed by atoms with Crippen LogP contribution in [-0.2, 0) is 0 Å². The van der Waals surface area contributed by atoms with Crippen molar-refractivity contribution in [3.63, 3.8) is 0 Å². The third-order valence-corrected chi connectivity index (χ3v) is 2.83. The van der Waals surface area contributed by atoms with Gasteiger partial charge in [-0.05, 0) is 18.9 Å². The van der Waals surface area contributed by atoms with E-state index >= 15 is 0 Å².